The maximum atomic E-state index is 12.5. The number of nitrogens with one attached hydrogen (secondary N) is 1. The van der Waals surface area contributed by atoms with Crippen molar-refractivity contribution < 1.29 is 4.79 Å². The number of rotatable bonds is 4. The Kier molecular flexibility index (Phi) is 4.49. The molecule has 0 aliphatic carbocycles. The van der Waals surface area contributed by atoms with Gasteiger partial charge in [0.2, 0.25) is 0 Å². The van der Waals surface area contributed by atoms with Crippen LogP contribution in [0, 0.1) is 20.8 Å². The van der Waals surface area contributed by atoms with Gasteiger partial charge in [0.25, 0.3) is 5.91 Å². The number of aromatic nitrogens is 3. The molecule has 24 heavy (non-hydrogen) atoms. The van der Waals surface area contributed by atoms with E-state index in [0.717, 1.165) is 39.9 Å². The summed E-state index contributed by atoms with van der Waals surface area (Å²) in [6.45, 7) is 7.92. The number of aryl methyl sites for hydroxylation is 4. The molecule has 1 N–H and O–H groups in total. The first kappa shape index (κ1) is 16.4. The van der Waals surface area contributed by atoms with Gasteiger partial charge in [0.15, 0.2) is 0 Å². The van der Waals surface area contributed by atoms with Gasteiger partial charge in [-0.3, -0.25) is 4.79 Å². The Morgan fingerprint density at radius 1 is 1.21 bits per heavy atom. The molecule has 6 heteroatoms. The zero-order valence-corrected chi connectivity index (χ0v) is 15.1. The van der Waals surface area contributed by atoms with Crippen molar-refractivity contribution in [2.24, 2.45) is 0 Å². The minimum Gasteiger partial charge on any atom is -0.321 e. The van der Waals surface area contributed by atoms with Gasteiger partial charge in [0, 0.05) is 11.4 Å². The molecular formula is C18H20N4OS. The van der Waals surface area contributed by atoms with Gasteiger partial charge in [-0.05, 0) is 57.5 Å². The van der Waals surface area contributed by atoms with Crippen LogP contribution < -0.4 is 5.32 Å². The molecule has 2 heterocycles. The summed E-state index contributed by atoms with van der Waals surface area (Å²) in [6, 6.07) is 9.72. The Bertz CT molecular complexity index is 877. The van der Waals surface area contributed by atoms with Crippen LogP contribution in [0.2, 0.25) is 0 Å². The summed E-state index contributed by atoms with van der Waals surface area (Å²) < 4.78 is 1.89. The highest BCUT2D eigenvalue weighted by Crippen LogP contribution is 2.21. The van der Waals surface area contributed by atoms with Crippen LogP contribution in [0.4, 0.5) is 5.69 Å². The summed E-state index contributed by atoms with van der Waals surface area (Å²) in [4.78, 5) is 17.6. The highest BCUT2D eigenvalue weighted by Gasteiger charge is 2.15. The lowest BCUT2D eigenvalue weighted by atomic mass is 10.2. The van der Waals surface area contributed by atoms with E-state index < -0.39 is 0 Å². The van der Waals surface area contributed by atoms with E-state index >= 15 is 0 Å². The van der Waals surface area contributed by atoms with E-state index in [1.54, 1.807) is 0 Å². The van der Waals surface area contributed by atoms with Gasteiger partial charge in [-0.2, -0.15) is 5.10 Å². The molecule has 0 bridgehead atoms. The fraction of sp³-hybridized carbons (Fsp3) is 0.278. The van der Waals surface area contributed by atoms with Crippen molar-refractivity contribution in [2.45, 2.75) is 34.1 Å². The van der Waals surface area contributed by atoms with Crippen molar-refractivity contribution in [3.05, 3.63) is 57.3 Å². The molecule has 0 fully saturated rings. The fourth-order valence-electron chi connectivity index (χ4n) is 2.65. The van der Waals surface area contributed by atoms with Gasteiger partial charge in [-0.1, -0.05) is 6.92 Å². The predicted molar refractivity (Wildman–Crippen MR) is 97.2 cm³/mol. The number of amides is 1. The molecule has 3 aromatic rings. The van der Waals surface area contributed by atoms with Crippen molar-refractivity contribution in [1.29, 1.82) is 0 Å². The summed E-state index contributed by atoms with van der Waals surface area (Å²) in [5, 5.41) is 8.33. The number of hydrogen-bond acceptors (Lipinski definition) is 4. The Morgan fingerprint density at radius 2 is 1.92 bits per heavy atom. The summed E-state index contributed by atoms with van der Waals surface area (Å²) in [5.74, 6) is -0.101. The summed E-state index contributed by atoms with van der Waals surface area (Å²) in [6.07, 6.45) is 0.754. The molecule has 0 aliphatic heterocycles. The number of carbonyl (C=O) groups is 1. The number of benzene rings is 1. The van der Waals surface area contributed by atoms with Crippen LogP contribution in [0.25, 0.3) is 5.69 Å². The third-order valence-corrected chi connectivity index (χ3v) is 4.74. The molecule has 0 unspecified atom stereocenters. The minimum absolute atomic E-state index is 0.101. The number of thiazole rings is 1. The van der Waals surface area contributed by atoms with E-state index in [9.17, 15) is 4.79 Å². The summed E-state index contributed by atoms with van der Waals surface area (Å²) >= 11 is 1.43. The van der Waals surface area contributed by atoms with E-state index in [-0.39, 0.29) is 5.91 Å². The standard InChI is InChI=1S/C18H20N4OS/c1-5-16-17(24-13(4)19-16)18(23)20-14-6-8-15(9-7-14)22-12(3)10-11(2)21-22/h6-10H,5H2,1-4H3,(H,20,23). The molecule has 124 valence electrons. The van der Waals surface area contributed by atoms with Crippen molar-refractivity contribution in [1.82, 2.24) is 14.8 Å². The molecule has 0 saturated heterocycles. The third kappa shape index (κ3) is 3.23. The van der Waals surface area contributed by atoms with E-state index in [0.29, 0.717) is 4.88 Å². The largest absolute Gasteiger partial charge is 0.321 e. The second-order valence-electron chi connectivity index (χ2n) is 5.70. The molecule has 0 atom stereocenters. The molecule has 5 nitrogen and oxygen atoms in total. The molecular weight excluding hydrogens is 320 g/mol. The zero-order chi connectivity index (χ0) is 17.3. The van der Waals surface area contributed by atoms with Gasteiger partial charge in [0.05, 0.1) is 22.1 Å². The van der Waals surface area contributed by atoms with Gasteiger partial charge < -0.3 is 5.32 Å². The maximum Gasteiger partial charge on any atom is 0.267 e. The minimum atomic E-state index is -0.101. The zero-order valence-electron chi connectivity index (χ0n) is 14.3. The molecule has 3 rings (SSSR count). The third-order valence-electron chi connectivity index (χ3n) is 3.72. The van der Waals surface area contributed by atoms with E-state index in [4.69, 9.17) is 0 Å². The van der Waals surface area contributed by atoms with Crippen molar-refractivity contribution in [3.8, 4) is 5.69 Å². The molecule has 1 aromatic carbocycles. The predicted octanol–water partition coefficient (Wildman–Crippen LogP) is 4.07. The van der Waals surface area contributed by atoms with Crippen LogP contribution in [-0.2, 0) is 6.42 Å². The lowest BCUT2D eigenvalue weighted by Crippen LogP contribution is -2.12. The second-order valence-corrected chi connectivity index (χ2v) is 6.91. The smallest absolute Gasteiger partial charge is 0.267 e. The van der Waals surface area contributed by atoms with E-state index in [2.05, 4.69) is 15.4 Å². The van der Waals surface area contributed by atoms with Crippen LogP contribution >= 0.6 is 11.3 Å². The fourth-order valence-corrected chi connectivity index (χ4v) is 3.55. The maximum absolute atomic E-state index is 12.5. The highest BCUT2D eigenvalue weighted by atomic mass is 32.1. The van der Waals surface area contributed by atoms with Crippen LogP contribution in [0.5, 0.6) is 0 Å². The number of anilines is 1. The number of carbonyl (C=O) groups excluding carboxylic acids is 1. The van der Waals surface area contributed by atoms with Gasteiger partial charge in [0.1, 0.15) is 4.88 Å². The highest BCUT2D eigenvalue weighted by molar-refractivity contribution is 7.13. The summed E-state index contributed by atoms with van der Waals surface area (Å²) in [7, 11) is 0. The second kappa shape index (κ2) is 6.57. The van der Waals surface area contributed by atoms with Crippen molar-refractivity contribution in [2.75, 3.05) is 5.32 Å². The van der Waals surface area contributed by atoms with Gasteiger partial charge in [-0.25, -0.2) is 9.67 Å². The summed E-state index contributed by atoms with van der Waals surface area (Å²) in [5.41, 5.74) is 4.66. The first-order valence-electron chi connectivity index (χ1n) is 7.89. The van der Waals surface area contributed by atoms with Crippen LogP contribution in [-0.4, -0.2) is 20.7 Å². The van der Waals surface area contributed by atoms with Gasteiger partial charge >= 0.3 is 0 Å². The van der Waals surface area contributed by atoms with Crippen LogP contribution in [0.1, 0.15) is 38.7 Å². The molecule has 0 spiro atoms. The normalized spacial score (nSPS) is 10.8. The first-order chi connectivity index (χ1) is 11.5. The Morgan fingerprint density at radius 3 is 2.50 bits per heavy atom. The first-order valence-corrected chi connectivity index (χ1v) is 8.71. The van der Waals surface area contributed by atoms with E-state index in [1.807, 2.05) is 62.7 Å². The Labute approximate surface area is 145 Å². The Hall–Kier alpha value is -2.47. The average Bonchev–Trinajstić information content (AvgIpc) is 3.10. The Balaban J connectivity index is 1.79. The lowest BCUT2D eigenvalue weighted by Gasteiger charge is -2.07. The van der Waals surface area contributed by atoms with Crippen LogP contribution in [0.3, 0.4) is 0 Å². The lowest BCUT2D eigenvalue weighted by molar-refractivity contribution is 0.102. The number of nitrogens with zero attached hydrogens (tertiary/aromatic N) is 3. The molecule has 0 aliphatic rings. The molecule has 2 aromatic heterocycles. The molecule has 0 saturated carbocycles. The average molecular weight is 340 g/mol. The van der Waals surface area contributed by atoms with E-state index in [1.165, 1.54) is 11.3 Å². The SMILES string of the molecule is CCc1nc(C)sc1C(=O)Nc1ccc(-n2nc(C)cc2C)cc1. The topological polar surface area (TPSA) is 59.8 Å². The van der Waals surface area contributed by atoms with Crippen molar-refractivity contribution >= 4 is 22.9 Å². The van der Waals surface area contributed by atoms with Gasteiger partial charge in [-0.15, -0.1) is 11.3 Å². The van der Waals surface area contributed by atoms with Crippen LogP contribution in [0.15, 0.2) is 30.3 Å². The monoisotopic (exact) mass is 340 g/mol. The quantitative estimate of drug-likeness (QED) is 0.779. The molecule has 0 radical (unpaired) electrons. The van der Waals surface area contributed by atoms with Crippen molar-refractivity contribution in [3.63, 3.8) is 0 Å². The molecule has 1 amide bonds. The number of hydrogen-bond donors (Lipinski definition) is 1.